The molecule has 1 unspecified atom stereocenters. The van der Waals surface area contributed by atoms with E-state index in [-0.39, 0.29) is 11.7 Å². The van der Waals surface area contributed by atoms with Crippen molar-refractivity contribution >= 4 is 44.9 Å². The average Bonchev–Trinajstić information content (AvgIpc) is 2.58. The van der Waals surface area contributed by atoms with Gasteiger partial charge in [0.2, 0.25) is 0 Å². The zero-order valence-corrected chi connectivity index (χ0v) is 16.6. The molecule has 1 atom stereocenters. The molecule has 1 amide bonds. The SMILES string of the molecule is CC1=C(C(=O)Nc2ccc(C)cc2)C(c2ccc(F)c(Br)c2)NC(=S)N1. The fourth-order valence-corrected chi connectivity index (χ4v) is 3.44. The number of nitrogens with one attached hydrogen (secondary N) is 3. The van der Waals surface area contributed by atoms with Crippen LogP contribution in [0.4, 0.5) is 10.1 Å². The summed E-state index contributed by atoms with van der Waals surface area (Å²) >= 11 is 8.42. The molecule has 3 rings (SSSR count). The fourth-order valence-electron chi connectivity index (χ4n) is 2.77. The van der Waals surface area contributed by atoms with Crippen molar-refractivity contribution in [1.29, 1.82) is 0 Å². The Morgan fingerprint density at radius 3 is 2.54 bits per heavy atom. The van der Waals surface area contributed by atoms with Crippen molar-refractivity contribution in [2.45, 2.75) is 19.9 Å². The largest absolute Gasteiger partial charge is 0.351 e. The lowest BCUT2D eigenvalue weighted by Crippen LogP contribution is -2.45. The summed E-state index contributed by atoms with van der Waals surface area (Å²) in [7, 11) is 0. The molecular weight excluding hydrogens is 417 g/mol. The normalized spacial score (nSPS) is 16.8. The van der Waals surface area contributed by atoms with Crippen molar-refractivity contribution in [2.24, 2.45) is 0 Å². The summed E-state index contributed by atoms with van der Waals surface area (Å²) < 4.78 is 13.9. The van der Waals surface area contributed by atoms with Gasteiger partial charge in [-0.3, -0.25) is 4.79 Å². The first-order valence-corrected chi connectivity index (χ1v) is 9.16. The van der Waals surface area contributed by atoms with Crippen molar-refractivity contribution in [3.05, 3.63) is 75.2 Å². The van der Waals surface area contributed by atoms with Crippen LogP contribution in [0.5, 0.6) is 0 Å². The molecule has 2 aromatic carbocycles. The standard InChI is InChI=1S/C19H17BrFN3OS/c1-10-3-6-13(7-4-10)23-18(25)16-11(2)22-19(26)24-17(16)12-5-8-15(21)14(20)9-12/h3-9,17H,1-2H3,(H,23,25)(H2,22,24,26). The summed E-state index contributed by atoms with van der Waals surface area (Å²) in [6.07, 6.45) is 0. The van der Waals surface area contributed by atoms with Crippen molar-refractivity contribution < 1.29 is 9.18 Å². The Morgan fingerprint density at radius 1 is 1.19 bits per heavy atom. The highest BCUT2D eigenvalue weighted by Gasteiger charge is 2.30. The van der Waals surface area contributed by atoms with E-state index in [2.05, 4.69) is 31.9 Å². The van der Waals surface area contributed by atoms with Crippen LogP contribution >= 0.6 is 28.1 Å². The highest BCUT2D eigenvalue weighted by molar-refractivity contribution is 9.10. The topological polar surface area (TPSA) is 53.2 Å². The van der Waals surface area contributed by atoms with E-state index in [9.17, 15) is 9.18 Å². The van der Waals surface area contributed by atoms with Crippen molar-refractivity contribution in [3.8, 4) is 0 Å². The third-order valence-electron chi connectivity index (χ3n) is 4.10. The van der Waals surface area contributed by atoms with E-state index >= 15 is 0 Å². The molecule has 1 aliphatic heterocycles. The number of amides is 1. The van der Waals surface area contributed by atoms with Crippen LogP contribution in [-0.2, 0) is 4.79 Å². The van der Waals surface area contributed by atoms with Gasteiger partial charge in [0, 0.05) is 11.4 Å². The molecule has 0 fully saturated rings. The quantitative estimate of drug-likeness (QED) is 0.630. The lowest BCUT2D eigenvalue weighted by atomic mass is 9.95. The van der Waals surface area contributed by atoms with E-state index in [0.29, 0.717) is 26.5 Å². The number of carbonyl (C=O) groups excluding carboxylic acids is 1. The van der Waals surface area contributed by atoms with Crippen LogP contribution in [0.25, 0.3) is 0 Å². The Labute approximate surface area is 165 Å². The molecular formula is C19H17BrFN3OS. The molecule has 3 N–H and O–H groups in total. The maximum Gasteiger partial charge on any atom is 0.255 e. The molecule has 1 aliphatic rings. The predicted molar refractivity (Wildman–Crippen MR) is 108 cm³/mol. The molecule has 2 aromatic rings. The molecule has 1 heterocycles. The summed E-state index contributed by atoms with van der Waals surface area (Å²) in [4.78, 5) is 12.9. The fraction of sp³-hybridized carbons (Fsp3) is 0.158. The number of thiocarbonyl (C=S) groups is 1. The van der Waals surface area contributed by atoms with E-state index in [1.54, 1.807) is 19.1 Å². The van der Waals surface area contributed by atoms with Crippen LogP contribution in [0.3, 0.4) is 0 Å². The smallest absolute Gasteiger partial charge is 0.255 e. The molecule has 0 bridgehead atoms. The molecule has 0 saturated heterocycles. The van der Waals surface area contributed by atoms with E-state index in [1.165, 1.54) is 6.07 Å². The first kappa shape index (κ1) is 18.5. The maximum absolute atomic E-state index is 13.6. The second kappa shape index (κ2) is 7.55. The maximum atomic E-state index is 13.6. The van der Waals surface area contributed by atoms with Gasteiger partial charge < -0.3 is 16.0 Å². The number of aryl methyl sites for hydroxylation is 1. The van der Waals surface area contributed by atoms with Crippen molar-refractivity contribution in [3.63, 3.8) is 0 Å². The number of anilines is 1. The highest BCUT2D eigenvalue weighted by Crippen LogP contribution is 2.30. The minimum atomic E-state index is -0.480. The van der Waals surface area contributed by atoms with Gasteiger partial charge in [0.25, 0.3) is 5.91 Å². The Hall–Kier alpha value is -2.25. The Morgan fingerprint density at radius 2 is 1.88 bits per heavy atom. The number of carbonyl (C=O) groups is 1. The van der Waals surface area contributed by atoms with Crippen molar-refractivity contribution in [1.82, 2.24) is 10.6 Å². The number of hydrogen-bond acceptors (Lipinski definition) is 2. The van der Waals surface area contributed by atoms with Gasteiger partial charge in [-0.2, -0.15) is 0 Å². The van der Waals surface area contributed by atoms with E-state index in [1.807, 2.05) is 31.2 Å². The third kappa shape index (κ3) is 3.94. The average molecular weight is 434 g/mol. The number of rotatable bonds is 3. The van der Waals surface area contributed by atoms with E-state index < -0.39 is 6.04 Å². The van der Waals surface area contributed by atoms with E-state index in [4.69, 9.17) is 12.2 Å². The molecule has 0 spiro atoms. The number of allylic oxidation sites excluding steroid dienone is 1. The number of benzene rings is 2. The third-order valence-corrected chi connectivity index (χ3v) is 4.93. The summed E-state index contributed by atoms with van der Waals surface area (Å²) in [6.45, 7) is 3.78. The monoisotopic (exact) mass is 433 g/mol. The highest BCUT2D eigenvalue weighted by atomic mass is 79.9. The van der Waals surface area contributed by atoms with Gasteiger partial charge in [-0.1, -0.05) is 23.8 Å². The minimum Gasteiger partial charge on any atom is -0.351 e. The van der Waals surface area contributed by atoms with Crippen LogP contribution in [0.15, 0.2) is 58.2 Å². The van der Waals surface area contributed by atoms with Gasteiger partial charge in [-0.25, -0.2) is 4.39 Å². The molecule has 26 heavy (non-hydrogen) atoms. The number of hydrogen-bond donors (Lipinski definition) is 3. The Bertz CT molecular complexity index is 912. The van der Waals surface area contributed by atoms with Gasteiger partial charge in [0.05, 0.1) is 16.1 Å². The predicted octanol–water partition coefficient (Wildman–Crippen LogP) is 4.33. The van der Waals surface area contributed by atoms with Crippen LogP contribution in [-0.4, -0.2) is 11.0 Å². The molecule has 4 nitrogen and oxygen atoms in total. The molecule has 0 aromatic heterocycles. The molecule has 0 saturated carbocycles. The second-order valence-electron chi connectivity index (χ2n) is 6.06. The van der Waals surface area contributed by atoms with Crippen LogP contribution in [0.2, 0.25) is 0 Å². The second-order valence-corrected chi connectivity index (χ2v) is 7.33. The molecule has 0 radical (unpaired) electrons. The molecule has 0 aliphatic carbocycles. The summed E-state index contributed by atoms with van der Waals surface area (Å²) in [5.41, 5.74) is 3.70. The number of halogens is 2. The lowest BCUT2D eigenvalue weighted by molar-refractivity contribution is -0.113. The summed E-state index contributed by atoms with van der Waals surface area (Å²) in [6, 6.07) is 11.7. The van der Waals surface area contributed by atoms with Gasteiger partial charge in [0.15, 0.2) is 5.11 Å². The van der Waals surface area contributed by atoms with Crippen LogP contribution in [0, 0.1) is 12.7 Å². The van der Waals surface area contributed by atoms with Gasteiger partial charge in [-0.05, 0) is 71.8 Å². The van der Waals surface area contributed by atoms with Gasteiger partial charge in [0.1, 0.15) is 5.82 Å². The van der Waals surface area contributed by atoms with Crippen LogP contribution in [0.1, 0.15) is 24.1 Å². The lowest BCUT2D eigenvalue weighted by Gasteiger charge is -2.30. The van der Waals surface area contributed by atoms with E-state index in [0.717, 1.165) is 11.1 Å². The summed E-state index contributed by atoms with van der Waals surface area (Å²) in [5, 5.41) is 9.40. The Balaban J connectivity index is 1.95. The Kier molecular flexibility index (Phi) is 5.38. The van der Waals surface area contributed by atoms with Crippen molar-refractivity contribution in [2.75, 3.05) is 5.32 Å². The molecule has 7 heteroatoms. The zero-order valence-electron chi connectivity index (χ0n) is 14.2. The summed E-state index contributed by atoms with van der Waals surface area (Å²) in [5.74, 6) is -0.615. The molecule has 134 valence electrons. The minimum absolute atomic E-state index is 0.251. The zero-order chi connectivity index (χ0) is 18.8. The van der Waals surface area contributed by atoms with Gasteiger partial charge >= 0.3 is 0 Å². The first-order valence-electron chi connectivity index (χ1n) is 7.96. The van der Waals surface area contributed by atoms with Gasteiger partial charge in [-0.15, -0.1) is 0 Å². The first-order chi connectivity index (χ1) is 12.3. The van der Waals surface area contributed by atoms with Crippen LogP contribution < -0.4 is 16.0 Å².